The van der Waals surface area contributed by atoms with Gasteiger partial charge in [0.15, 0.2) is 0 Å². The van der Waals surface area contributed by atoms with Gasteiger partial charge < -0.3 is 14.5 Å². The molecule has 2 heterocycles. The molecule has 25 heavy (non-hydrogen) atoms. The van der Waals surface area contributed by atoms with Crippen LogP contribution in [0.25, 0.3) is 16.9 Å². The second-order valence-electron chi connectivity index (χ2n) is 6.66. The fraction of sp³-hybridized carbons (Fsp3) is 0.300. The number of carbonyl (C=O) groups excluding carboxylic acids is 1. The Labute approximate surface area is 147 Å². The normalized spacial score (nSPS) is 11.1. The van der Waals surface area contributed by atoms with Crippen molar-refractivity contribution in [3.05, 3.63) is 48.3 Å². The Morgan fingerprint density at radius 1 is 1.28 bits per heavy atom. The molecule has 5 nitrogen and oxygen atoms in total. The van der Waals surface area contributed by atoms with Crippen LogP contribution in [0.15, 0.2) is 42.7 Å². The number of nitrogens with one attached hydrogen (secondary N) is 1. The van der Waals surface area contributed by atoms with E-state index in [2.05, 4.69) is 10.3 Å². The molecule has 3 rings (SSSR count). The largest absolute Gasteiger partial charge is 0.495 e. The van der Waals surface area contributed by atoms with E-state index in [1.165, 1.54) is 5.56 Å². The summed E-state index contributed by atoms with van der Waals surface area (Å²) in [5.74, 6) is 0.924. The lowest BCUT2D eigenvalue weighted by molar-refractivity contribution is -0.116. The molecule has 0 aliphatic heterocycles. The van der Waals surface area contributed by atoms with Crippen LogP contribution in [0.3, 0.4) is 0 Å². The lowest BCUT2D eigenvalue weighted by Gasteiger charge is -2.12. The smallest absolute Gasteiger partial charge is 0.224 e. The standard InChI is InChI=1S/C20H23N3O2/c1-13(2)9-20(24)22-16-11-15(5-6-18(16)25-4)17-12-23-8-7-14(3)10-19(23)21-17/h5-8,10-13H,9H2,1-4H3,(H,22,24). The zero-order chi connectivity index (χ0) is 18.0. The predicted molar refractivity (Wildman–Crippen MR) is 100 cm³/mol. The summed E-state index contributed by atoms with van der Waals surface area (Å²) in [5, 5.41) is 2.95. The van der Waals surface area contributed by atoms with Gasteiger partial charge in [-0.3, -0.25) is 4.79 Å². The number of pyridine rings is 1. The van der Waals surface area contributed by atoms with Gasteiger partial charge >= 0.3 is 0 Å². The highest BCUT2D eigenvalue weighted by Crippen LogP contribution is 2.30. The third-order valence-corrected chi connectivity index (χ3v) is 3.98. The molecular formula is C20H23N3O2. The average Bonchev–Trinajstić information content (AvgIpc) is 2.97. The summed E-state index contributed by atoms with van der Waals surface area (Å²) in [6.45, 7) is 6.09. The van der Waals surface area contributed by atoms with Gasteiger partial charge in [-0.2, -0.15) is 0 Å². The van der Waals surface area contributed by atoms with Crippen LogP contribution in [0.2, 0.25) is 0 Å². The summed E-state index contributed by atoms with van der Waals surface area (Å²) in [5.41, 5.74) is 4.52. The molecule has 3 aromatic rings. The van der Waals surface area contributed by atoms with E-state index in [0.29, 0.717) is 23.8 Å². The Balaban J connectivity index is 1.95. The first-order chi connectivity index (χ1) is 12.0. The molecule has 0 unspecified atom stereocenters. The van der Waals surface area contributed by atoms with E-state index < -0.39 is 0 Å². The van der Waals surface area contributed by atoms with Crippen molar-refractivity contribution in [1.29, 1.82) is 0 Å². The first kappa shape index (κ1) is 17.0. The van der Waals surface area contributed by atoms with Crippen LogP contribution < -0.4 is 10.1 Å². The maximum atomic E-state index is 12.1. The molecule has 130 valence electrons. The first-order valence-corrected chi connectivity index (χ1v) is 8.40. The second-order valence-corrected chi connectivity index (χ2v) is 6.66. The Kier molecular flexibility index (Phi) is 4.74. The maximum absolute atomic E-state index is 12.1. The van der Waals surface area contributed by atoms with Crippen molar-refractivity contribution in [3.8, 4) is 17.0 Å². The third kappa shape index (κ3) is 3.82. The van der Waals surface area contributed by atoms with Gasteiger partial charge in [-0.05, 0) is 48.7 Å². The molecule has 1 aromatic carbocycles. The molecule has 1 N–H and O–H groups in total. The highest BCUT2D eigenvalue weighted by atomic mass is 16.5. The molecule has 0 radical (unpaired) electrons. The number of carbonyl (C=O) groups is 1. The van der Waals surface area contributed by atoms with E-state index in [0.717, 1.165) is 16.9 Å². The fourth-order valence-corrected chi connectivity index (χ4v) is 2.76. The van der Waals surface area contributed by atoms with Gasteiger partial charge in [-0.15, -0.1) is 0 Å². The number of aromatic nitrogens is 2. The Bertz CT molecular complexity index is 912. The number of hydrogen-bond donors (Lipinski definition) is 1. The van der Waals surface area contributed by atoms with Gasteiger partial charge in [0.2, 0.25) is 5.91 Å². The number of anilines is 1. The molecule has 0 aliphatic rings. The van der Waals surface area contributed by atoms with Crippen molar-refractivity contribution in [1.82, 2.24) is 9.38 Å². The van der Waals surface area contributed by atoms with Crippen molar-refractivity contribution in [2.45, 2.75) is 27.2 Å². The summed E-state index contributed by atoms with van der Waals surface area (Å²) in [6, 6.07) is 9.80. The van der Waals surface area contributed by atoms with E-state index in [9.17, 15) is 4.79 Å². The first-order valence-electron chi connectivity index (χ1n) is 8.40. The van der Waals surface area contributed by atoms with Crippen molar-refractivity contribution in [3.63, 3.8) is 0 Å². The zero-order valence-electron chi connectivity index (χ0n) is 15.0. The SMILES string of the molecule is COc1ccc(-c2cn3ccc(C)cc3n2)cc1NC(=O)CC(C)C. The number of methoxy groups -OCH3 is 1. The maximum Gasteiger partial charge on any atom is 0.224 e. The quantitative estimate of drug-likeness (QED) is 0.755. The molecule has 1 amide bonds. The zero-order valence-corrected chi connectivity index (χ0v) is 15.0. The van der Waals surface area contributed by atoms with E-state index in [1.807, 2.05) is 67.9 Å². The van der Waals surface area contributed by atoms with Crippen LogP contribution in [0.4, 0.5) is 5.69 Å². The highest BCUT2D eigenvalue weighted by Gasteiger charge is 2.12. The lowest BCUT2D eigenvalue weighted by Crippen LogP contribution is -2.14. The number of hydrogen-bond acceptors (Lipinski definition) is 3. The van der Waals surface area contributed by atoms with Gasteiger partial charge in [0.25, 0.3) is 0 Å². The monoisotopic (exact) mass is 337 g/mol. The number of benzene rings is 1. The highest BCUT2D eigenvalue weighted by molar-refractivity contribution is 5.93. The van der Waals surface area contributed by atoms with Gasteiger partial charge in [0.05, 0.1) is 18.5 Å². The van der Waals surface area contributed by atoms with Crippen molar-refractivity contribution in [2.24, 2.45) is 5.92 Å². The van der Waals surface area contributed by atoms with Gasteiger partial charge in [-0.25, -0.2) is 4.98 Å². The lowest BCUT2D eigenvalue weighted by atomic mass is 10.1. The second kappa shape index (κ2) is 6.97. The predicted octanol–water partition coefficient (Wildman–Crippen LogP) is 4.30. The van der Waals surface area contributed by atoms with Gasteiger partial charge in [0.1, 0.15) is 11.4 Å². The van der Waals surface area contributed by atoms with Crippen LogP contribution >= 0.6 is 0 Å². The molecule has 0 atom stereocenters. The summed E-state index contributed by atoms with van der Waals surface area (Å²) >= 11 is 0. The Morgan fingerprint density at radius 2 is 2.08 bits per heavy atom. The van der Waals surface area contributed by atoms with Crippen LogP contribution in [-0.4, -0.2) is 22.4 Å². The minimum Gasteiger partial charge on any atom is -0.495 e. The summed E-state index contributed by atoms with van der Waals surface area (Å²) in [4.78, 5) is 16.8. The summed E-state index contributed by atoms with van der Waals surface area (Å²) < 4.78 is 7.37. The molecule has 0 saturated heterocycles. The van der Waals surface area contributed by atoms with Crippen LogP contribution in [0.1, 0.15) is 25.8 Å². The minimum atomic E-state index is -0.0175. The van der Waals surface area contributed by atoms with Gasteiger partial charge in [0, 0.05) is 24.4 Å². The minimum absolute atomic E-state index is 0.0175. The van der Waals surface area contributed by atoms with Crippen LogP contribution in [-0.2, 0) is 4.79 Å². The van der Waals surface area contributed by atoms with Crippen molar-refractivity contribution >= 4 is 17.2 Å². The van der Waals surface area contributed by atoms with Crippen LogP contribution in [0, 0.1) is 12.8 Å². The Hall–Kier alpha value is -2.82. The number of ether oxygens (including phenoxy) is 1. The van der Waals surface area contributed by atoms with Crippen LogP contribution in [0.5, 0.6) is 5.75 Å². The number of aryl methyl sites for hydroxylation is 1. The fourth-order valence-electron chi connectivity index (χ4n) is 2.76. The van der Waals surface area contributed by atoms with E-state index >= 15 is 0 Å². The third-order valence-electron chi connectivity index (χ3n) is 3.98. The van der Waals surface area contributed by atoms with Crippen molar-refractivity contribution in [2.75, 3.05) is 12.4 Å². The molecule has 0 bridgehead atoms. The van der Waals surface area contributed by atoms with E-state index in [-0.39, 0.29) is 5.91 Å². The Morgan fingerprint density at radius 3 is 2.80 bits per heavy atom. The van der Waals surface area contributed by atoms with E-state index in [4.69, 9.17) is 4.74 Å². The average molecular weight is 337 g/mol. The molecule has 5 heteroatoms. The molecule has 0 spiro atoms. The van der Waals surface area contributed by atoms with Crippen molar-refractivity contribution < 1.29 is 9.53 Å². The number of rotatable bonds is 5. The van der Waals surface area contributed by atoms with E-state index in [1.54, 1.807) is 7.11 Å². The molecule has 0 aliphatic carbocycles. The molecule has 0 fully saturated rings. The molecule has 2 aromatic heterocycles. The number of amides is 1. The number of imidazole rings is 1. The number of nitrogens with zero attached hydrogens (tertiary/aromatic N) is 2. The summed E-state index contributed by atoms with van der Waals surface area (Å²) in [6.07, 6.45) is 4.45. The summed E-state index contributed by atoms with van der Waals surface area (Å²) in [7, 11) is 1.60. The van der Waals surface area contributed by atoms with Gasteiger partial charge in [-0.1, -0.05) is 13.8 Å². The number of fused-ring (bicyclic) bond motifs is 1. The molecular weight excluding hydrogens is 314 g/mol. The molecule has 0 saturated carbocycles. The topological polar surface area (TPSA) is 55.6 Å².